The Morgan fingerprint density at radius 2 is 1.55 bits per heavy atom. The highest BCUT2D eigenvalue weighted by Crippen LogP contribution is 2.22. The lowest BCUT2D eigenvalue weighted by Crippen LogP contribution is -2.52. The van der Waals surface area contributed by atoms with Gasteiger partial charge in [-0.25, -0.2) is 4.39 Å². The largest absolute Gasteiger partial charge is 0.352 e. The minimum atomic E-state index is -0.728. The molecule has 2 amide bonds. The first-order chi connectivity index (χ1) is 18.4. The van der Waals surface area contributed by atoms with Crippen molar-refractivity contribution in [3.05, 3.63) is 107 Å². The van der Waals surface area contributed by atoms with Crippen LogP contribution in [0, 0.1) is 5.82 Å². The second-order valence-electron chi connectivity index (χ2n) is 10.7. The van der Waals surface area contributed by atoms with Gasteiger partial charge in [0.25, 0.3) is 0 Å². The summed E-state index contributed by atoms with van der Waals surface area (Å²) >= 11 is 0. The molecule has 200 valence electrons. The van der Waals surface area contributed by atoms with Crippen LogP contribution in [0.15, 0.2) is 78.9 Å². The quantitative estimate of drug-likeness (QED) is 0.314. The Kier molecular flexibility index (Phi) is 9.69. The summed E-state index contributed by atoms with van der Waals surface area (Å²) in [5.74, 6) is -0.237. The number of benzene rings is 3. The van der Waals surface area contributed by atoms with Gasteiger partial charge in [0.1, 0.15) is 11.9 Å². The van der Waals surface area contributed by atoms with Crippen molar-refractivity contribution in [2.45, 2.75) is 83.3 Å². The summed E-state index contributed by atoms with van der Waals surface area (Å²) in [6, 6.07) is 24.0. The van der Waals surface area contributed by atoms with Gasteiger partial charge in [-0.1, -0.05) is 99.5 Å². The van der Waals surface area contributed by atoms with Gasteiger partial charge in [0, 0.05) is 31.0 Å². The van der Waals surface area contributed by atoms with Crippen LogP contribution in [0.4, 0.5) is 4.39 Å². The third kappa shape index (κ3) is 7.53. The summed E-state index contributed by atoms with van der Waals surface area (Å²) in [7, 11) is 0. The Hall–Kier alpha value is -3.47. The van der Waals surface area contributed by atoms with Gasteiger partial charge in [-0.3, -0.25) is 9.59 Å². The van der Waals surface area contributed by atoms with E-state index in [1.807, 2.05) is 30.3 Å². The third-order valence-electron chi connectivity index (χ3n) is 7.55. The van der Waals surface area contributed by atoms with Crippen molar-refractivity contribution in [3.63, 3.8) is 0 Å². The number of nitrogens with zero attached hydrogens (tertiary/aromatic N) is 1. The fourth-order valence-electron chi connectivity index (χ4n) is 5.20. The number of hydrogen-bond acceptors (Lipinski definition) is 2. The first-order valence-electron chi connectivity index (χ1n) is 13.9. The first-order valence-corrected chi connectivity index (χ1v) is 13.9. The highest BCUT2D eigenvalue weighted by atomic mass is 19.1. The molecule has 0 heterocycles. The smallest absolute Gasteiger partial charge is 0.243 e. The summed E-state index contributed by atoms with van der Waals surface area (Å²) < 4.78 is 14.7. The average molecular weight is 515 g/mol. The highest BCUT2D eigenvalue weighted by molar-refractivity contribution is 5.88. The lowest BCUT2D eigenvalue weighted by atomic mass is 9.99. The average Bonchev–Trinajstić information content (AvgIpc) is 3.44. The molecule has 4 nitrogen and oxygen atoms in total. The zero-order chi connectivity index (χ0) is 26.9. The van der Waals surface area contributed by atoms with Crippen molar-refractivity contribution in [2.24, 2.45) is 0 Å². The standard InChI is InChI=1S/C33H39FN2O2/c1-24(2)27-19-16-25(17-20-27)18-21-32(37)36(23-28-12-6-9-15-30(28)34)31(22-26-10-4-3-5-11-26)33(38)35-29-13-7-8-14-29/h3-6,9-12,15-17,19-20,24,29,31H,7-8,13-14,18,21-23H2,1-2H3,(H,35,38)/t31-/m1/s1. The lowest BCUT2D eigenvalue weighted by molar-refractivity contribution is -0.141. The molecule has 4 rings (SSSR count). The zero-order valence-corrected chi connectivity index (χ0v) is 22.5. The molecule has 1 N–H and O–H groups in total. The molecule has 0 radical (unpaired) electrons. The van der Waals surface area contributed by atoms with Crippen LogP contribution in [0.5, 0.6) is 0 Å². The van der Waals surface area contributed by atoms with Crippen molar-refractivity contribution in [1.82, 2.24) is 10.2 Å². The number of carbonyl (C=O) groups is 2. The summed E-state index contributed by atoms with van der Waals surface area (Å²) in [5.41, 5.74) is 3.71. The van der Waals surface area contributed by atoms with Crippen LogP contribution in [-0.2, 0) is 29.0 Å². The van der Waals surface area contributed by atoms with Crippen LogP contribution in [0.3, 0.4) is 0 Å². The predicted molar refractivity (Wildman–Crippen MR) is 150 cm³/mol. The minimum absolute atomic E-state index is 0.0490. The van der Waals surface area contributed by atoms with E-state index >= 15 is 0 Å². The van der Waals surface area contributed by atoms with E-state index in [4.69, 9.17) is 0 Å². The second kappa shape index (κ2) is 13.4. The molecule has 1 saturated carbocycles. The number of amides is 2. The molecule has 0 saturated heterocycles. The number of rotatable bonds is 11. The fourth-order valence-corrected chi connectivity index (χ4v) is 5.20. The molecule has 0 bridgehead atoms. The number of nitrogens with one attached hydrogen (secondary N) is 1. The number of aryl methyl sites for hydroxylation is 1. The van der Waals surface area contributed by atoms with E-state index in [1.54, 1.807) is 23.1 Å². The van der Waals surface area contributed by atoms with E-state index < -0.39 is 6.04 Å². The van der Waals surface area contributed by atoms with Gasteiger partial charge in [-0.05, 0) is 47.9 Å². The Bertz CT molecular complexity index is 1190. The molecular formula is C33H39FN2O2. The minimum Gasteiger partial charge on any atom is -0.352 e. The van der Waals surface area contributed by atoms with Crippen LogP contribution < -0.4 is 5.32 Å². The summed E-state index contributed by atoms with van der Waals surface area (Å²) in [6.45, 7) is 4.36. The molecule has 1 atom stereocenters. The van der Waals surface area contributed by atoms with E-state index in [2.05, 4.69) is 43.4 Å². The van der Waals surface area contributed by atoms with Crippen molar-refractivity contribution in [2.75, 3.05) is 0 Å². The molecule has 0 aromatic heterocycles. The van der Waals surface area contributed by atoms with Crippen LogP contribution >= 0.6 is 0 Å². The number of hydrogen-bond donors (Lipinski definition) is 1. The maximum absolute atomic E-state index is 14.7. The van der Waals surface area contributed by atoms with Crippen molar-refractivity contribution >= 4 is 11.8 Å². The van der Waals surface area contributed by atoms with E-state index in [0.29, 0.717) is 24.3 Å². The molecule has 3 aromatic carbocycles. The molecular weight excluding hydrogens is 475 g/mol. The van der Waals surface area contributed by atoms with Crippen molar-refractivity contribution < 1.29 is 14.0 Å². The first kappa shape index (κ1) is 27.6. The van der Waals surface area contributed by atoms with Gasteiger partial charge < -0.3 is 10.2 Å². The Balaban J connectivity index is 1.59. The number of carbonyl (C=O) groups excluding carboxylic acids is 2. The lowest BCUT2D eigenvalue weighted by Gasteiger charge is -2.32. The Morgan fingerprint density at radius 3 is 2.21 bits per heavy atom. The second-order valence-corrected chi connectivity index (χ2v) is 10.7. The summed E-state index contributed by atoms with van der Waals surface area (Å²) in [4.78, 5) is 29.1. The van der Waals surface area contributed by atoms with Crippen LogP contribution in [0.25, 0.3) is 0 Å². The molecule has 0 spiro atoms. The predicted octanol–water partition coefficient (Wildman–Crippen LogP) is 6.58. The SMILES string of the molecule is CC(C)c1ccc(CCC(=O)N(Cc2ccccc2F)[C@H](Cc2ccccc2)C(=O)NC2CCCC2)cc1. The monoisotopic (exact) mass is 514 g/mol. The van der Waals surface area contributed by atoms with Crippen LogP contribution in [0.2, 0.25) is 0 Å². The fraction of sp³-hybridized carbons (Fsp3) is 0.394. The van der Waals surface area contributed by atoms with E-state index in [9.17, 15) is 14.0 Å². The summed E-state index contributed by atoms with van der Waals surface area (Å²) in [6.07, 6.45) is 5.30. The summed E-state index contributed by atoms with van der Waals surface area (Å²) in [5, 5.41) is 3.20. The van der Waals surface area contributed by atoms with Gasteiger partial charge in [0.15, 0.2) is 0 Å². The van der Waals surface area contributed by atoms with Crippen molar-refractivity contribution in [1.29, 1.82) is 0 Å². The molecule has 0 unspecified atom stereocenters. The molecule has 38 heavy (non-hydrogen) atoms. The van der Waals surface area contributed by atoms with Gasteiger partial charge >= 0.3 is 0 Å². The van der Waals surface area contributed by atoms with E-state index in [1.165, 1.54) is 11.6 Å². The van der Waals surface area contributed by atoms with Crippen LogP contribution in [0.1, 0.15) is 74.1 Å². The Labute approximate surface area is 226 Å². The molecule has 5 heteroatoms. The van der Waals surface area contributed by atoms with Crippen molar-refractivity contribution in [3.8, 4) is 0 Å². The molecule has 1 fully saturated rings. The van der Waals surface area contributed by atoms with E-state index in [-0.39, 0.29) is 36.6 Å². The normalized spacial score (nSPS) is 14.4. The van der Waals surface area contributed by atoms with Gasteiger partial charge in [0.05, 0.1) is 0 Å². The number of halogens is 1. The van der Waals surface area contributed by atoms with E-state index in [0.717, 1.165) is 36.8 Å². The molecule has 1 aliphatic rings. The van der Waals surface area contributed by atoms with Gasteiger partial charge in [0.2, 0.25) is 11.8 Å². The third-order valence-corrected chi connectivity index (χ3v) is 7.55. The maximum atomic E-state index is 14.7. The zero-order valence-electron chi connectivity index (χ0n) is 22.5. The highest BCUT2D eigenvalue weighted by Gasteiger charge is 2.32. The topological polar surface area (TPSA) is 49.4 Å². The van der Waals surface area contributed by atoms with Gasteiger partial charge in [-0.2, -0.15) is 0 Å². The molecule has 3 aromatic rings. The molecule has 0 aliphatic heterocycles. The maximum Gasteiger partial charge on any atom is 0.243 e. The molecule has 1 aliphatic carbocycles. The van der Waals surface area contributed by atoms with Crippen LogP contribution in [-0.4, -0.2) is 28.8 Å². The Morgan fingerprint density at radius 1 is 0.895 bits per heavy atom. The van der Waals surface area contributed by atoms with Gasteiger partial charge in [-0.15, -0.1) is 0 Å².